The highest BCUT2D eigenvalue weighted by Crippen LogP contribution is 2.42. The number of carbonyl (C=O) groups is 4. The lowest BCUT2D eigenvalue weighted by Crippen LogP contribution is -2.45. The van der Waals surface area contributed by atoms with Gasteiger partial charge < -0.3 is 153 Å². The van der Waals surface area contributed by atoms with Gasteiger partial charge in [-0.05, 0) is 110 Å². The second kappa shape index (κ2) is 86.8. The molecule has 148 heavy (non-hydrogen) atoms. The molecule has 5 aromatic carbocycles. The minimum atomic E-state index is -1.76. The standard InChI is InChI=1S/C112H179NO35/c1-12-20-27-89(16-5)82-143-98-71-95(72-99(79-98)144-83-90(17-6)28-21-13-2)110(118)147-87-112(88-148-111(119)96-73-100(145-84-91(18-7)29-22-14-3)80-101(74-96)146-85-92(19-8)30-23-15-4,86-113-108(116)94-75-102(136-65-59-131-53-49-125-42-39-120-9)106(140-69-63-133-55-51-127-44-41-122-11)103(76-94)137-66-60-132-54-50-126-43-40-121-10)33-36-142-109(117)97-77-104(138-67-61-129-47-45-123-37-34-114)107(105(78-97)139-68-62-130-48-46-124-38-35-115)141-70-64-134-56-52-128-57-58-135-81-93-31-25-24-26-32-93/h24-26,31-32,71-80,89-92,114-115H,12-23,27-30,33-70,81-88H2,1-11H3,(H,113,116). The maximum absolute atomic E-state index is 15.9. The normalized spacial score (nSPS) is 12.6. The third-order valence-corrected chi connectivity index (χ3v) is 23.8. The quantitative estimate of drug-likeness (QED) is 0.0185. The zero-order valence-corrected chi connectivity index (χ0v) is 90.7. The first-order valence-electron chi connectivity index (χ1n) is 53.6. The van der Waals surface area contributed by atoms with Crippen LogP contribution >= 0.6 is 0 Å². The first kappa shape index (κ1) is 130. The molecule has 36 heteroatoms. The number of carbonyl (C=O) groups excluding carboxylic acids is 4. The molecule has 0 heterocycles. The molecule has 0 saturated carbocycles. The number of esters is 3. The molecule has 0 saturated heterocycles. The van der Waals surface area contributed by atoms with Crippen molar-refractivity contribution in [3.63, 3.8) is 0 Å². The number of ether oxygens (including phenoxy) is 29. The van der Waals surface area contributed by atoms with Crippen LogP contribution in [0.2, 0.25) is 0 Å². The predicted molar refractivity (Wildman–Crippen MR) is 560 cm³/mol. The van der Waals surface area contributed by atoms with E-state index in [0.29, 0.717) is 115 Å². The average Bonchev–Trinajstić information content (AvgIpc) is 0.808. The van der Waals surface area contributed by atoms with Gasteiger partial charge in [0.25, 0.3) is 5.91 Å². The van der Waals surface area contributed by atoms with E-state index in [2.05, 4.69) is 60.7 Å². The molecule has 4 atom stereocenters. The summed E-state index contributed by atoms with van der Waals surface area (Å²) in [5.41, 5.74) is -0.664. The number of benzene rings is 5. The van der Waals surface area contributed by atoms with Crippen LogP contribution in [0.25, 0.3) is 0 Å². The van der Waals surface area contributed by atoms with Gasteiger partial charge >= 0.3 is 17.9 Å². The molecule has 0 aromatic heterocycles. The number of aliphatic hydroxyl groups is 2. The zero-order valence-electron chi connectivity index (χ0n) is 90.7. The predicted octanol–water partition coefficient (Wildman–Crippen LogP) is 16.4. The van der Waals surface area contributed by atoms with Crippen LogP contribution in [0.1, 0.15) is 212 Å². The van der Waals surface area contributed by atoms with E-state index in [9.17, 15) is 10.2 Å². The van der Waals surface area contributed by atoms with Crippen LogP contribution in [0, 0.1) is 29.1 Å². The summed E-state index contributed by atoms with van der Waals surface area (Å²) in [7, 11) is 4.77. The molecule has 0 aliphatic rings. The van der Waals surface area contributed by atoms with Gasteiger partial charge in [0, 0.05) is 45.6 Å². The maximum atomic E-state index is 15.9. The summed E-state index contributed by atoms with van der Waals surface area (Å²) < 4.78 is 176. The van der Waals surface area contributed by atoms with Crippen LogP contribution in [0.5, 0.6) is 57.5 Å². The third-order valence-electron chi connectivity index (χ3n) is 23.8. The Labute approximate surface area is 880 Å². The van der Waals surface area contributed by atoms with Crippen molar-refractivity contribution in [2.45, 2.75) is 171 Å². The van der Waals surface area contributed by atoms with Gasteiger partial charge in [0.05, 0.1) is 260 Å². The number of nitrogens with one attached hydrogen (secondary N) is 1. The fourth-order valence-corrected chi connectivity index (χ4v) is 14.7. The van der Waals surface area contributed by atoms with Crippen molar-refractivity contribution in [2.24, 2.45) is 29.1 Å². The van der Waals surface area contributed by atoms with Crippen LogP contribution in [0.15, 0.2) is 91.0 Å². The second-order valence-corrected chi connectivity index (χ2v) is 35.5. The lowest BCUT2D eigenvalue weighted by molar-refractivity contribution is -0.0173. The van der Waals surface area contributed by atoms with Crippen molar-refractivity contribution in [2.75, 3.05) is 312 Å². The van der Waals surface area contributed by atoms with Crippen LogP contribution in [0.4, 0.5) is 0 Å². The van der Waals surface area contributed by atoms with Gasteiger partial charge in [0.15, 0.2) is 23.0 Å². The summed E-state index contributed by atoms with van der Waals surface area (Å²) >= 11 is 0. The number of hydrogen-bond donors (Lipinski definition) is 3. The third kappa shape index (κ3) is 59.3. The molecule has 0 spiro atoms. The lowest BCUT2D eigenvalue weighted by Gasteiger charge is -2.33. The van der Waals surface area contributed by atoms with Crippen LogP contribution in [0.3, 0.4) is 0 Å². The number of methoxy groups -OCH3 is 3. The molecule has 842 valence electrons. The fourth-order valence-electron chi connectivity index (χ4n) is 14.7. The molecular weight excluding hydrogens is 1920 g/mol. The van der Waals surface area contributed by atoms with E-state index in [0.717, 1.165) is 108 Å². The van der Waals surface area contributed by atoms with E-state index in [1.165, 1.54) is 24.3 Å². The molecule has 0 radical (unpaired) electrons. The smallest absolute Gasteiger partial charge is 0.338 e. The Bertz CT molecular complexity index is 3870. The zero-order chi connectivity index (χ0) is 106. The largest absolute Gasteiger partial charge is 0.493 e. The molecule has 4 unspecified atom stereocenters. The molecule has 36 nitrogen and oxygen atoms in total. The van der Waals surface area contributed by atoms with Crippen molar-refractivity contribution >= 4 is 23.8 Å². The van der Waals surface area contributed by atoms with Crippen LogP contribution in [-0.4, -0.2) is 346 Å². The summed E-state index contributed by atoms with van der Waals surface area (Å²) in [6.07, 6.45) is 14.9. The monoisotopic (exact) mass is 2100 g/mol. The van der Waals surface area contributed by atoms with Gasteiger partial charge in [-0.25, -0.2) is 14.4 Å². The Morgan fingerprint density at radius 2 is 0.561 bits per heavy atom. The summed E-state index contributed by atoms with van der Waals surface area (Å²) in [5.74, 6) is -0.512. The molecule has 0 aliphatic carbocycles. The number of aliphatic hydroxyl groups excluding tert-OH is 2. The highest BCUT2D eigenvalue weighted by Gasteiger charge is 2.37. The fraction of sp³-hybridized carbons (Fsp3) is 0.696. The molecule has 3 N–H and O–H groups in total. The molecule has 5 aromatic rings. The van der Waals surface area contributed by atoms with E-state index < -0.39 is 55.6 Å². The molecule has 0 aliphatic heterocycles. The second-order valence-electron chi connectivity index (χ2n) is 35.5. The number of rotatable bonds is 101. The molecule has 5 rings (SSSR count). The summed E-state index contributed by atoms with van der Waals surface area (Å²) in [4.78, 5) is 62.8. The van der Waals surface area contributed by atoms with E-state index in [4.69, 9.17) is 137 Å². The first-order chi connectivity index (χ1) is 72.6. The molecule has 0 bridgehead atoms. The van der Waals surface area contributed by atoms with E-state index >= 15 is 19.2 Å². The Kier molecular flexibility index (Phi) is 76.0. The topological polar surface area (TPSA) is 388 Å². The Morgan fingerprint density at radius 1 is 0.291 bits per heavy atom. The van der Waals surface area contributed by atoms with Crippen molar-refractivity contribution in [3.8, 4) is 57.5 Å². The SMILES string of the molecule is CCCCC(CC)COc1cc(OCC(CC)CCCC)cc(C(=O)OCC(CCOC(=O)c2cc(OCCOCCOCCO)c(OCCOCCOCCOCc3ccccc3)c(OCCOCCOCCO)c2)(CNC(=O)c2cc(OCCOCCOCCOC)c(OCCOCCOCCOC)c(OCCOCCOCCOC)c2)COC(=O)c2cc(OCC(CC)CCCC)cc(OCC(CC)CCCC)c2)c1. The Balaban J connectivity index is 1.78. The average molecular weight is 2100 g/mol. The van der Waals surface area contributed by atoms with Gasteiger partial charge in [-0.1, -0.05) is 163 Å². The molecule has 0 fully saturated rings. The van der Waals surface area contributed by atoms with Gasteiger partial charge in [-0.2, -0.15) is 0 Å². The van der Waals surface area contributed by atoms with Gasteiger partial charge in [-0.3, -0.25) is 4.79 Å². The van der Waals surface area contributed by atoms with Crippen LogP contribution < -0.4 is 52.7 Å². The minimum absolute atomic E-state index is 0.0132. The Morgan fingerprint density at radius 3 is 0.858 bits per heavy atom. The van der Waals surface area contributed by atoms with E-state index in [1.54, 1.807) is 57.7 Å². The Hall–Kier alpha value is -8.74. The number of unbranched alkanes of at least 4 members (excludes halogenated alkanes) is 4. The van der Waals surface area contributed by atoms with Crippen molar-refractivity contribution in [1.82, 2.24) is 5.32 Å². The maximum Gasteiger partial charge on any atom is 0.338 e. The van der Waals surface area contributed by atoms with Crippen LogP contribution in [-0.2, 0) is 96.6 Å². The summed E-state index contributed by atoms with van der Waals surface area (Å²) in [6.45, 7) is 22.7. The highest BCUT2D eigenvalue weighted by atomic mass is 16.6. The van der Waals surface area contributed by atoms with Crippen molar-refractivity contribution < 1.29 is 167 Å². The number of hydrogen-bond acceptors (Lipinski definition) is 35. The van der Waals surface area contributed by atoms with E-state index in [1.807, 2.05) is 30.3 Å². The van der Waals surface area contributed by atoms with Crippen molar-refractivity contribution in [1.29, 1.82) is 0 Å². The summed E-state index contributed by atoms with van der Waals surface area (Å²) in [6, 6.07) is 25.7. The lowest BCUT2D eigenvalue weighted by atomic mass is 9.86. The van der Waals surface area contributed by atoms with Gasteiger partial charge in [-0.15, -0.1) is 0 Å². The summed E-state index contributed by atoms with van der Waals surface area (Å²) in [5, 5.41) is 21.9. The van der Waals surface area contributed by atoms with Gasteiger partial charge in [0.2, 0.25) is 11.5 Å². The first-order valence-corrected chi connectivity index (χ1v) is 53.6. The minimum Gasteiger partial charge on any atom is -0.493 e. The molecule has 1 amide bonds. The van der Waals surface area contributed by atoms with Crippen molar-refractivity contribution in [3.05, 3.63) is 119 Å². The molecular formula is C112H179NO35. The van der Waals surface area contributed by atoms with E-state index in [-0.39, 0.29) is 265 Å². The number of amides is 1. The highest BCUT2D eigenvalue weighted by molar-refractivity contribution is 5.96. The van der Waals surface area contributed by atoms with Gasteiger partial charge in [0.1, 0.15) is 75.9 Å².